The predicted molar refractivity (Wildman–Crippen MR) is 86.2 cm³/mol. The van der Waals surface area contributed by atoms with E-state index in [-0.39, 0.29) is 0 Å². The fourth-order valence-electron chi connectivity index (χ4n) is 2.49. The average molecular weight is 327 g/mol. The molecule has 0 aliphatic heterocycles. The second-order valence-corrected chi connectivity index (χ2v) is 5.66. The second-order valence-electron chi connectivity index (χ2n) is 4.85. The van der Waals surface area contributed by atoms with E-state index >= 15 is 0 Å². The van der Waals surface area contributed by atoms with Crippen molar-refractivity contribution in [3.8, 4) is 17.1 Å². The van der Waals surface area contributed by atoms with Crippen molar-refractivity contribution in [2.45, 2.75) is 13.8 Å². The number of hydrogen-bond acceptors (Lipinski definition) is 1. The Hall–Kier alpha value is -1.87. The van der Waals surface area contributed by atoms with Crippen molar-refractivity contribution in [3.63, 3.8) is 0 Å². The van der Waals surface area contributed by atoms with Gasteiger partial charge in [0.05, 0.1) is 11.9 Å². The molecule has 3 aromatic rings. The first kappa shape index (κ1) is 13.1. The lowest BCUT2D eigenvalue weighted by Crippen LogP contribution is -2.02. The SMILES string of the molecule is Cc1cccc(C)c1-n1c(Br)cnc1-c1ccccc1. The smallest absolute Gasteiger partial charge is 0.145 e. The maximum atomic E-state index is 4.56. The van der Waals surface area contributed by atoms with Crippen molar-refractivity contribution in [3.05, 3.63) is 70.5 Å². The number of para-hydroxylation sites is 1. The minimum Gasteiger partial charge on any atom is -0.286 e. The summed E-state index contributed by atoms with van der Waals surface area (Å²) in [7, 11) is 0. The Morgan fingerprint density at radius 1 is 0.900 bits per heavy atom. The molecule has 2 aromatic carbocycles. The Kier molecular flexibility index (Phi) is 3.45. The van der Waals surface area contributed by atoms with Crippen molar-refractivity contribution in [1.29, 1.82) is 0 Å². The highest BCUT2D eigenvalue weighted by Gasteiger charge is 2.15. The van der Waals surface area contributed by atoms with E-state index in [4.69, 9.17) is 0 Å². The molecule has 0 saturated heterocycles. The van der Waals surface area contributed by atoms with Gasteiger partial charge in [0.25, 0.3) is 0 Å². The van der Waals surface area contributed by atoms with Crippen LogP contribution in [0.2, 0.25) is 0 Å². The molecule has 0 bridgehead atoms. The Labute approximate surface area is 127 Å². The largest absolute Gasteiger partial charge is 0.286 e. The summed E-state index contributed by atoms with van der Waals surface area (Å²) in [5.41, 5.74) is 4.78. The molecule has 100 valence electrons. The van der Waals surface area contributed by atoms with Crippen LogP contribution in [0.1, 0.15) is 11.1 Å². The van der Waals surface area contributed by atoms with Gasteiger partial charge in [-0.2, -0.15) is 0 Å². The molecule has 0 N–H and O–H groups in total. The van der Waals surface area contributed by atoms with Crippen molar-refractivity contribution >= 4 is 15.9 Å². The van der Waals surface area contributed by atoms with Crippen LogP contribution in [0.4, 0.5) is 0 Å². The molecule has 0 spiro atoms. The number of aromatic nitrogens is 2. The van der Waals surface area contributed by atoms with Gasteiger partial charge in [0.1, 0.15) is 10.4 Å². The van der Waals surface area contributed by atoms with Crippen LogP contribution in [0, 0.1) is 13.8 Å². The van der Waals surface area contributed by atoms with E-state index in [1.807, 2.05) is 24.4 Å². The van der Waals surface area contributed by atoms with E-state index < -0.39 is 0 Å². The van der Waals surface area contributed by atoms with E-state index in [1.54, 1.807) is 0 Å². The molecular weight excluding hydrogens is 312 g/mol. The molecule has 0 radical (unpaired) electrons. The lowest BCUT2D eigenvalue weighted by Gasteiger charge is -2.15. The summed E-state index contributed by atoms with van der Waals surface area (Å²) in [5.74, 6) is 0.954. The molecule has 1 heterocycles. The summed E-state index contributed by atoms with van der Waals surface area (Å²) in [5, 5.41) is 0. The van der Waals surface area contributed by atoms with Gasteiger partial charge in [-0.3, -0.25) is 4.57 Å². The summed E-state index contributed by atoms with van der Waals surface area (Å²) < 4.78 is 3.13. The number of nitrogens with zero attached hydrogens (tertiary/aromatic N) is 2. The molecule has 0 aliphatic carbocycles. The van der Waals surface area contributed by atoms with Gasteiger partial charge in [-0.1, -0.05) is 48.5 Å². The molecule has 3 heteroatoms. The third-order valence-corrected chi connectivity index (χ3v) is 3.97. The first-order chi connectivity index (χ1) is 9.68. The number of hydrogen-bond donors (Lipinski definition) is 0. The van der Waals surface area contributed by atoms with Gasteiger partial charge in [-0.15, -0.1) is 0 Å². The zero-order valence-corrected chi connectivity index (χ0v) is 13.1. The van der Waals surface area contributed by atoms with Crippen molar-refractivity contribution in [1.82, 2.24) is 9.55 Å². The van der Waals surface area contributed by atoms with Crippen molar-refractivity contribution < 1.29 is 0 Å². The maximum Gasteiger partial charge on any atom is 0.145 e. The minimum absolute atomic E-state index is 0.954. The highest BCUT2D eigenvalue weighted by molar-refractivity contribution is 9.10. The Bertz CT molecular complexity index is 725. The summed E-state index contributed by atoms with van der Waals surface area (Å²) in [6.45, 7) is 4.26. The molecule has 0 unspecified atom stereocenters. The van der Waals surface area contributed by atoms with Crippen LogP contribution in [0.15, 0.2) is 59.3 Å². The summed E-state index contributed by atoms with van der Waals surface area (Å²) in [6.07, 6.45) is 1.86. The molecule has 2 nitrogen and oxygen atoms in total. The van der Waals surface area contributed by atoms with Gasteiger partial charge < -0.3 is 0 Å². The highest BCUT2D eigenvalue weighted by Crippen LogP contribution is 2.30. The van der Waals surface area contributed by atoms with Gasteiger partial charge in [-0.25, -0.2) is 4.98 Å². The normalized spacial score (nSPS) is 10.8. The van der Waals surface area contributed by atoms with Gasteiger partial charge in [0.15, 0.2) is 0 Å². The topological polar surface area (TPSA) is 17.8 Å². The fraction of sp³-hybridized carbons (Fsp3) is 0.118. The predicted octanol–water partition coefficient (Wildman–Crippen LogP) is 4.92. The minimum atomic E-state index is 0.954. The number of benzene rings is 2. The molecule has 3 rings (SSSR count). The van der Waals surface area contributed by atoms with E-state index in [1.165, 1.54) is 16.8 Å². The highest BCUT2D eigenvalue weighted by atomic mass is 79.9. The number of imidazole rings is 1. The van der Waals surface area contributed by atoms with Crippen LogP contribution in [0.3, 0.4) is 0 Å². The van der Waals surface area contributed by atoms with Gasteiger partial charge in [0, 0.05) is 5.56 Å². The van der Waals surface area contributed by atoms with E-state index in [2.05, 4.69) is 69.7 Å². The molecular formula is C17H15BrN2. The molecule has 0 saturated carbocycles. The zero-order chi connectivity index (χ0) is 14.1. The second kappa shape index (κ2) is 5.25. The zero-order valence-electron chi connectivity index (χ0n) is 11.5. The van der Waals surface area contributed by atoms with Gasteiger partial charge >= 0.3 is 0 Å². The number of aryl methyl sites for hydroxylation is 2. The van der Waals surface area contributed by atoms with Gasteiger partial charge in [0.2, 0.25) is 0 Å². The Morgan fingerprint density at radius 2 is 1.55 bits per heavy atom. The van der Waals surface area contributed by atoms with Crippen LogP contribution >= 0.6 is 15.9 Å². The Balaban J connectivity index is 2.28. The molecule has 0 aliphatic rings. The van der Waals surface area contributed by atoms with Crippen molar-refractivity contribution in [2.24, 2.45) is 0 Å². The average Bonchev–Trinajstić information content (AvgIpc) is 2.82. The third kappa shape index (κ3) is 2.18. The lowest BCUT2D eigenvalue weighted by molar-refractivity contribution is 1.01. The third-order valence-electron chi connectivity index (χ3n) is 3.41. The van der Waals surface area contributed by atoms with Crippen LogP contribution < -0.4 is 0 Å². The number of rotatable bonds is 2. The van der Waals surface area contributed by atoms with E-state index in [0.717, 1.165) is 16.0 Å². The maximum absolute atomic E-state index is 4.56. The molecule has 0 fully saturated rings. The first-order valence-corrected chi connectivity index (χ1v) is 7.33. The fourth-order valence-corrected chi connectivity index (χ4v) is 2.94. The molecule has 1 aromatic heterocycles. The van der Waals surface area contributed by atoms with Crippen molar-refractivity contribution in [2.75, 3.05) is 0 Å². The van der Waals surface area contributed by atoms with Crippen LogP contribution in [0.25, 0.3) is 17.1 Å². The Morgan fingerprint density at radius 3 is 2.20 bits per heavy atom. The quantitative estimate of drug-likeness (QED) is 0.653. The standard InChI is InChI=1S/C17H15BrN2/c1-12-7-6-8-13(2)16(12)20-15(18)11-19-17(20)14-9-4-3-5-10-14/h3-11H,1-2H3. The summed E-state index contributed by atoms with van der Waals surface area (Å²) in [6, 6.07) is 16.6. The van der Waals surface area contributed by atoms with Crippen LogP contribution in [-0.4, -0.2) is 9.55 Å². The monoisotopic (exact) mass is 326 g/mol. The van der Waals surface area contributed by atoms with Crippen LogP contribution in [0.5, 0.6) is 0 Å². The summed E-state index contributed by atoms with van der Waals surface area (Å²) in [4.78, 5) is 4.56. The summed E-state index contributed by atoms with van der Waals surface area (Å²) >= 11 is 3.62. The molecule has 20 heavy (non-hydrogen) atoms. The first-order valence-electron chi connectivity index (χ1n) is 6.53. The molecule has 0 atom stereocenters. The lowest BCUT2D eigenvalue weighted by atomic mass is 10.1. The van der Waals surface area contributed by atoms with Gasteiger partial charge in [-0.05, 0) is 40.9 Å². The number of halogens is 1. The van der Waals surface area contributed by atoms with Crippen LogP contribution in [-0.2, 0) is 0 Å². The molecule has 0 amide bonds. The van der Waals surface area contributed by atoms with E-state index in [0.29, 0.717) is 0 Å². The van der Waals surface area contributed by atoms with E-state index in [9.17, 15) is 0 Å².